The third-order valence-electron chi connectivity index (χ3n) is 3.20. The van der Waals surface area contributed by atoms with Crippen molar-refractivity contribution in [2.24, 2.45) is 14.1 Å². The minimum atomic E-state index is 0.206. The van der Waals surface area contributed by atoms with Crippen molar-refractivity contribution < 1.29 is 0 Å². The Balaban J connectivity index is 2.26. The number of aryl methyl sites for hydroxylation is 3. The summed E-state index contributed by atoms with van der Waals surface area (Å²) in [6.07, 6.45) is 2.84. The summed E-state index contributed by atoms with van der Waals surface area (Å²) in [5, 5.41) is 12.4. The molecule has 2 aromatic rings. The summed E-state index contributed by atoms with van der Waals surface area (Å²) in [5.41, 5.74) is 3.28. The molecule has 5 nitrogen and oxygen atoms in total. The zero-order chi connectivity index (χ0) is 14.0. The van der Waals surface area contributed by atoms with Crippen molar-refractivity contribution in [3.8, 4) is 0 Å². The molecular weight excluding hydrogens is 306 g/mol. The zero-order valence-electron chi connectivity index (χ0n) is 11.8. The molecule has 0 bridgehead atoms. The molecule has 2 aromatic heterocycles. The molecule has 0 aromatic carbocycles. The maximum absolute atomic E-state index is 4.50. The van der Waals surface area contributed by atoms with E-state index in [1.807, 2.05) is 36.6 Å². The molecular formula is C13H20BrN5. The van der Waals surface area contributed by atoms with Crippen LogP contribution in [0.3, 0.4) is 0 Å². The molecule has 0 radical (unpaired) electrons. The first-order valence-corrected chi connectivity index (χ1v) is 7.23. The fraction of sp³-hybridized carbons (Fsp3) is 0.538. The van der Waals surface area contributed by atoms with Crippen LogP contribution < -0.4 is 5.32 Å². The van der Waals surface area contributed by atoms with Crippen LogP contribution >= 0.6 is 15.9 Å². The summed E-state index contributed by atoms with van der Waals surface area (Å²) in [5.74, 6) is 0. The van der Waals surface area contributed by atoms with E-state index in [2.05, 4.69) is 44.4 Å². The van der Waals surface area contributed by atoms with Crippen LogP contribution in [-0.2, 0) is 20.5 Å². The Morgan fingerprint density at radius 3 is 2.58 bits per heavy atom. The van der Waals surface area contributed by atoms with Gasteiger partial charge in [-0.05, 0) is 35.5 Å². The van der Waals surface area contributed by atoms with Crippen LogP contribution in [-0.4, -0.2) is 26.1 Å². The molecule has 0 saturated carbocycles. The topological polar surface area (TPSA) is 47.7 Å². The molecule has 104 valence electrons. The first-order chi connectivity index (χ1) is 9.02. The Kier molecular flexibility index (Phi) is 4.42. The predicted octanol–water partition coefficient (Wildman–Crippen LogP) is 2.12. The fourth-order valence-corrected chi connectivity index (χ4v) is 2.74. The lowest BCUT2D eigenvalue weighted by molar-refractivity contribution is 0.509. The van der Waals surface area contributed by atoms with E-state index in [0.29, 0.717) is 0 Å². The molecule has 1 N–H and O–H groups in total. The van der Waals surface area contributed by atoms with E-state index in [0.717, 1.165) is 28.8 Å². The van der Waals surface area contributed by atoms with E-state index in [1.165, 1.54) is 5.69 Å². The maximum Gasteiger partial charge on any atom is 0.0797 e. The van der Waals surface area contributed by atoms with Crippen molar-refractivity contribution in [2.75, 3.05) is 6.54 Å². The van der Waals surface area contributed by atoms with Crippen molar-refractivity contribution in [2.45, 2.75) is 26.3 Å². The summed E-state index contributed by atoms with van der Waals surface area (Å²) in [6.45, 7) is 5.03. The molecule has 0 aliphatic carbocycles. The molecule has 0 aliphatic rings. The SMILES string of the molecule is CCNC(Cc1c(Br)c(C)nn1C)c1ccn(C)n1. The number of rotatable bonds is 5. The third kappa shape index (κ3) is 3.06. The largest absolute Gasteiger partial charge is 0.309 e. The number of hydrogen-bond donors (Lipinski definition) is 1. The summed E-state index contributed by atoms with van der Waals surface area (Å²) >= 11 is 3.62. The highest BCUT2D eigenvalue weighted by molar-refractivity contribution is 9.10. The van der Waals surface area contributed by atoms with Crippen molar-refractivity contribution in [3.63, 3.8) is 0 Å². The Bertz CT molecular complexity index is 557. The van der Waals surface area contributed by atoms with E-state index < -0.39 is 0 Å². The Hall–Kier alpha value is -1.14. The van der Waals surface area contributed by atoms with Crippen LogP contribution in [0.5, 0.6) is 0 Å². The average molecular weight is 326 g/mol. The minimum absolute atomic E-state index is 0.206. The normalized spacial score (nSPS) is 12.9. The lowest BCUT2D eigenvalue weighted by atomic mass is 10.1. The zero-order valence-corrected chi connectivity index (χ0v) is 13.4. The molecule has 0 amide bonds. The highest BCUT2D eigenvalue weighted by atomic mass is 79.9. The second kappa shape index (κ2) is 5.88. The highest BCUT2D eigenvalue weighted by Crippen LogP contribution is 2.25. The number of aromatic nitrogens is 4. The summed E-state index contributed by atoms with van der Waals surface area (Å²) in [4.78, 5) is 0. The predicted molar refractivity (Wildman–Crippen MR) is 79.0 cm³/mol. The highest BCUT2D eigenvalue weighted by Gasteiger charge is 2.19. The van der Waals surface area contributed by atoms with Crippen LogP contribution in [0.15, 0.2) is 16.7 Å². The second-order valence-electron chi connectivity index (χ2n) is 4.70. The van der Waals surface area contributed by atoms with Gasteiger partial charge in [-0.3, -0.25) is 9.36 Å². The van der Waals surface area contributed by atoms with Crippen molar-refractivity contribution in [3.05, 3.63) is 33.8 Å². The van der Waals surface area contributed by atoms with Gasteiger partial charge in [-0.2, -0.15) is 10.2 Å². The van der Waals surface area contributed by atoms with E-state index >= 15 is 0 Å². The average Bonchev–Trinajstić information content (AvgIpc) is 2.88. The van der Waals surface area contributed by atoms with Crippen LogP contribution in [0.4, 0.5) is 0 Å². The van der Waals surface area contributed by atoms with Gasteiger partial charge >= 0.3 is 0 Å². The van der Waals surface area contributed by atoms with Gasteiger partial charge in [0.2, 0.25) is 0 Å². The first kappa shape index (κ1) is 14.3. The smallest absolute Gasteiger partial charge is 0.0797 e. The van der Waals surface area contributed by atoms with E-state index in [9.17, 15) is 0 Å². The molecule has 0 aliphatic heterocycles. The van der Waals surface area contributed by atoms with Crippen LogP contribution in [0, 0.1) is 6.92 Å². The van der Waals surface area contributed by atoms with Gasteiger partial charge in [-0.25, -0.2) is 0 Å². The standard InChI is InChI=1S/C13H20BrN5/c1-5-15-11(10-6-7-18(3)17-10)8-12-13(14)9(2)16-19(12)4/h6-7,11,15H,5,8H2,1-4H3. The fourth-order valence-electron chi connectivity index (χ4n) is 2.24. The lowest BCUT2D eigenvalue weighted by Crippen LogP contribution is -2.24. The number of nitrogens with zero attached hydrogens (tertiary/aromatic N) is 4. The van der Waals surface area contributed by atoms with Gasteiger partial charge in [0.15, 0.2) is 0 Å². The molecule has 19 heavy (non-hydrogen) atoms. The maximum atomic E-state index is 4.50. The number of likely N-dealkylation sites (N-methyl/N-ethyl adjacent to an activating group) is 1. The molecule has 6 heteroatoms. The summed E-state index contributed by atoms with van der Waals surface area (Å²) in [7, 11) is 3.92. The van der Waals surface area contributed by atoms with E-state index in [4.69, 9.17) is 0 Å². The molecule has 0 fully saturated rings. The Morgan fingerprint density at radius 1 is 1.37 bits per heavy atom. The molecule has 1 unspecified atom stereocenters. The van der Waals surface area contributed by atoms with Crippen molar-refractivity contribution in [1.29, 1.82) is 0 Å². The van der Waals surface area contributed by atoms with E-state index in [1.54, 1.807) is 0 Å². The summed E-state index contributed by atoms with van der Waals surface area (Å²) < 4.78 is 4.87. The number of halogens is 1. The molecule has 1 atom stereocenters. The molecule has 0 spiro atoms. The van der Waals surface area contributed by atoms with Gasteiger partial charge in [0.25, 0.3) is 0 Å². The minimum Gasteiger partial charge on any atom is -0.309 e. The van der Waals surface area contributed by atoms with Gasteiger partial charge in [0.05, 0.1) is 27.6 Å². The molecule has 2 rings (SSSR count). The quantitative estimate of drug-likeness (QED) is 0.916. The van der Waals surface area contributed by atoms with Crippen LogP contribution in [0.25, 0.3) is 0 Å². The number of nitrogens with one attached hydrogen (secondary N) is 1. The van der Waals surface area contributed by atoms with E-state index in [-0.39, 0.29) is 6.04 Å². The van der Waals surface area contributed by atoms with Gasteiger partial charge < -0.3 is 5.32 Å². The summed E-state index contributed by atoms with van der Waals surface area (Å²) in [6, 6.07) is 2.27. The van der Waals surface area contributed by atoms with Gasteiger partial charge in [-0.15, -0.1) is 0 Å². The van der Waals surface area contributed by atoms with Gasteiger partial charge in [0.1, 0.15) is 0 Å². The lowest BCUT2D eigenvalue weighted by Gasteiger charge is -2.16. The Morgan fingerprint density at radius 2 is 2.11 bits per heavy atom. The second-order valence-corrected chi connectivity index (χ2v) is 5.49. The number of hydrogen-bond acceptors (Lipinski definition) is 3. The van der Waals surface area contributed by atoms with Crippen molar-refractivity contribution >= 4 is 15.9 Å². The van der Waals surface area contributed by atoms with Crippen LogP contribution in [0.2, 0.25) is 0 Å². The van der Waals surface area contributed by atoms with Crippen LogP contribution in [0.1, 0.15) is 30.0 Å². The molecule has 0 saturated heterocycles. The van der Waals surface area contributed by atoms with Gasteiger partial charge in [0, 0.05) is 26.7 Å². The van der Waals surface area contributed by atoms with Crippen molar-refractivity contribution in [1.82, 2.24) is 24.9 Å². The molecule has 2 heterocycles. The Labute approximate surface area is 122 Å². The monoisotopic (exact) mass is 325 g/mol. The third-order valence-corrected chi connectivity index (χ3v) is 4.23. The van der Waals surface area contributed by atoms with Gasteiger partial charge in [-0.1, -0.05) is 6.92 Å². The first-order valence-electron chi connectivity index (χ1n) is 6.43.